The van der Waals surface area contributed by atoms with Crippen LogP contribution in [0.5, 0.6) is 0 Å². The van der Waals surface area contributed by atoms with Crippen LogP contribution >= 0.6 is 0 Å². The highest BCUT2D eigenvalue weighted by atomic mass is 16.4. The molecular weight excluding hydrogens is 300 g/mol. The van der Waals surface area contributed by atoms with Crippen LogP contribution in [0.1, 0.15) is 34.7 Å². The zero-order valence-electron chi connectivity index (χ0n) is 13.4. The Balaban J connectivity index is 1.83. The lowest BCUT2D eigenvalue weighted by atomic mass is 9.77. The molecule has 24 heavy (non-hydrogen) atoms. The van der Waals surface area contributed by atoms with E-state index < -0.39 is 5.97 Å². The summed E-state index contributed by atoms with van der Waals surface area (Å²) in [7, 11) is 0. The number of carboxylic acid groups (broad SMARTS) is 1. The van der Waals surface area contributed by atoms with Crippen LogP contribution in [0, 0.1) is 17.2 Å². The Morgan fingerprint density at radius 1 is 1.25 bits per heavy atom. The number of nitrogens with one attached hydrogen (secondary N) is 1. The van der Waals surface area contributed by atoms with Gasteiger partial charge < -0.3 is 5.11 Å². The summed E-state index contributed by atoms with van der Waals surface area (Å²) in [4.78, 5) is 11.0. The topological polar surface area (TPSA) is 73.1 Å². The van der Waals surface area contributed by atoms with E-state index in [0.29, 0.717) is 11.5 Å². The molecule has 2 unspecified atom stereocenters. The first-order valence-corrected chi connectivity index (χ1v) is 8.19. The maximum atomic E-state index is 11.0. The third-order valence-electron chi connectivity index (χ3n) is 4.71. The fourth-order valence-electron chi connectivity index (χ4n) is 3.55. The van der Waals surface area contributed by atoms with Gasteiger partial charge in [-0.25, -0.2) is 0 Å². The van der Waals surface area contributed by atoms with Crippen LogP contribution in [0.2, 0.25) is 0 Å². The van der Waals surface area contributed by atoms with Gasteiger partial charge >= 0.3 is 5.97 Å². The Bertz CT molecular complexity index is 765. The molecule has 0 fully saturated rings. The zero-order valence-corrected chi connectivity index (χ0v) is 13.4. The molecule has 2 N–H and O–H groups in total. The van der Waals surface area contributed by atoms with Crippen molar-refractivity contribution in [3.8, 4) is 6.07 Å². The normalized spacial score (nSPS) is 17.5. The Hall–Kier alpha value is -2.64. The van der Waals surface area contributed by atoms with Crippen molar-refractivity contribution in [1.29, 1.82) is 5.26 Å². The quantitative estimate of drug-likeness (QED) is 0.888. The average Bonchev–Trinajstić information content (AvgIpc) is 2.62. The highest BCUT2D eigenvalue weighted by Crippen LogP contribution is 2.34. The minimum Gasteiger partial charge on any atom is -0.480 e. The second-order valence-electron chi connectivity index (χ2n) is 6.26. The van der Waals surface area contributed by atoms with Crippen molar-refractivity contribution in [3.05, 3.63) is 70.8 Å². The van der Waals surface area contributed by atoms with E-state index >= 15 is 0 Å². The van der Waals surface area contributed by atoms with Crippen LogP contribution in [0.4, 0.5) is 0 Å². The molecule has 1 aliphatic carbocycles. The van der Waals surface area contributed by atoms with Gasteiger partial charge in [0.25, 0.3) is 0 Å². The number of aryl methyl sites for hydroxylation is 1. The third-order valence-corrected chi connectivity index (χ3v) is 4.71. The lowest BCUT2D eigenvalue weighted by Gasteiger charge is -2.32. The van der Waals surface area contributed by atoms with E-state index in [1.54, 1.807) is 0 Å². The number of nitrogens with zero attached hydrogens (tertiary/aromatic N) is 1. The summed E-state index contributed by atoms with van der Waals surface area (Å²) in [6.45, 7) is -0.0453. The number of hydrogen-bond acceptors (Lipinski definition) is 3. The van der Waals surface area contributed by atoms with Crippen LogP contribution in [0.25, 0.3) is 0 Å². The monoisotopic (exact) mass is 320 g/mol. The van der Waals surface area contributed by atoms with Crippen LogP contribution in [0.15, 0.2) is 48.5 Å². The molecule has 2 aromatic carbocycles. The molecule has 4 heteroatoms. The molecule has 0 aromatic heterocycles. The summed E-state index contributed by atoms with van der Waals surface area (Å²) in [5.74, 6) is -0.502. The van der Waals surface area contributed by atoms with Crippen molar-refractivity contribution in [2.45, 2.75) is 25.3 Å². The number of rotatable bonds is 5. The number of aliphatic carboxylic acids is 1. The highest BCUT2D eigenvalue weighted by molar-refractivity contribution is 5.69. The van der Waals surface area contributed by atoms with Gasteiger partial charge in [-0.1, -0.05) is 36.4 Å². The second kappa shape index (κ2) is 7.29. The lowest BCUT2D eigenvalue weighted by molar-refractivity contribution is -0.136. The smallest absolute Gasteiger partial charge is 0.317 e. The van der Waals surface area contributed by atoms with Crippen LogP contribution < -0.4 is 5.32 Å². The molecule has 4 nitrogen and oxygen atoms in total. The molecule has 2 aromatic rings. The van der Waals surface area contributed by atoms with Crippen LogP contribution in [0.3, 0.4) is 0 Å². The largest absolute Gasteiger partial charge is 0.480 e. The molecular formula is C20H20N2O2. The standard InChI is InChI=1S/C20H20N2O2/c21-12-14-6-7-17-11-18(9-8-16(17)10-14)20(22-13-19(23)24)15-4-2-1-3-5-15/h1-7,10,18,20,22H,8-9,11,13H2,(H,23,24). The van der Waals surface area contributed by atoms with E-state index in [2.05, 4.69) is 11.4 Å². The van der Waals surface area contributed by atoms with Crippen molar-refractivity contribution in [2.75, 3.05) is 6.54 Å². The van der Waals surface area contributed by atoms with Gasteiger partial charge in [0.1, 0.15) is 0 Å². The van der Waals surface area contributed by atoms with E-state index in [1.165, 1.54) is 11.1 Å². The lowest BCUT2D eigenvalue weighted by Crippen LogP contribution is -2.35. The first kappa shape index (κ1) is 16.2. The summed E-state index contributed by atoms with van der Waals surface area (Å²) in [6.07, 6.45) is 2.80. The molecule has 0 bridgehead atoms. The van der Waals surface area contributed by atoms with Gasteiger partial charge in [0.2, 0.25) is 0 Å². The Kier molecular flexibility index (Phi) is 4.93. The van der Waals surface area contributed by atoms with Gasteiger partial charge in [0.05, 0.1) is 18.2 Å². The maximum Gasteiger partial charge on any atom is 0.317 e. The summed E-state index contributed by atoms with van der Waals surface area (Å²) in [5.41, 5.74) is 4.34. The van der Waals surface area contributed by atoms with Gasteiger partial charge in [-0.15, -0.1) is 0 Å². The molecule has 0 saturated carbocycles. The predicted octanol–water partition coefficient (Wildman–Crippen LogP) is 3.08. The van der Waals surface area contributed by atoms with Crippen LogP contribution in [-0.2, 0) is 17.6 Å². The van der Waals surface area contributed by atoms with Gasteiger partial charge in [-0.05, 0) is 54.0 Å². The van der Waals surface area contributed by atoms with E-state index in [9.17, 15) is 4.79 Å². The fraction of sp³-hybridized carbons (Fsp3) is 0.300. The van der Waals surface area contributed by atoms with Crippen molar-refractivity contribution in [1.82, 2.24) is 5.32 Å². The molecule has 1 aliphatic rings. The molecule has 0 amide bonds. The second-order valence-corrected chi connectivity index (χ2v) is 6.26. The van der Waals surface area contributed by atoms with E-state index in [-0.39, 0.29) is 12.6 Å². The van der Waals surface area contributed by atoms with Crippen LogP contribution in [-0.4, -0.2) is 17.6 Å². The minimum absolute atomic E-state index is 0.0195. The summed E-state index contributed by atoms with van der Waals surface area (Å²) in [5, 5.41) is 21.3. The Labute approximate surface area is 141 Å². The molecule has 0 saturated heterocycles. The predicted molar refractivity (Wildman–Crippen MR) is 91.5 cm³/mol. The molecule has 0 heterocycles. The number of fused-ring (bicyclic) bond motifs is 1. The van der Waals surface area contributed by atoms with Crippen molar-refractivity contribution >= 4 is 5.97 Å². The van der Waals surface area contributed by atoms with Crippen molar-refractivity contribution in [3.63, 3.8) is 0 Å². The van der Waals surface area contributed by atoms with Crippen molar-refractivity contribution in [2.24, 2.45) is 5.92 Å². The molecule has 122 valence electrons. The first-order chi connectivity index (χ1) is 11.7. The van der Waals surface area contributed by atoms with E-state index in [4.69, 9.17) is 10.4 Å². The van der Waals surface area contributed by atoms with E-state index in [1.807, 2.05) is 48.5 Å². The number of hydrogen-bond donors (Lipinski definition) is 2. The molecule has 0 radical (unpaired) electrons. The minimum atomic E-state index is -0.842. The summed E-state index contributed by atoms with van der Waals surface area (Å²) >= 11 is 0. The zero-order chi connectivity index (χ0) is 16.9. The molecule has 0 spiro atoms. The van der Waals surface area contributed by atoms with E-state index in [0.717, 1.165) is 24.8 Å². The fourth-order valence-corrected chi connectivity index (χ4v) is 3.55. The summed E-state index contributed by atoms with van der Waals surface area (Å²) in [6, 6.07) is 18.1. The average molecular weight is 320 g/mol. The first-order valence-electron chi connectivity index (χ1n) is 8.19. The molecule has 3 rings (SSSR count). The molecule has 0 aliphatic heterocycles. The molecule has 2 atom stereocenters. The van der Waals surface area contributed by atoms with Gasteiger partial charge in [-0.2, -0.15) is 5.26 Å². The maximum absolute atomic E-state index is 11.0. The Morgan fingerprint density at radius 2 is 2.04 bits per heavy atom. The van der Waals surface area contributed by atoms with Crippen molar-refractivity contribution < 1.29 is 9.90 Å². The number of carbonyl (C=O) groups is 1. The summed E-state index contributed by atoms with van der Waals surface area (Å²) < 4.78 is 0. The Morgan fingerprint density at radius 3 is 2.75 bits per heavy atom. The number of benzene rings is 2. The third kappa shape index (κ3) is 3.64. The number of carboxylic acids is 1. The van der Waals surface area contributed by atoms with Gasteiger partial charge in [0.15, 0.2) is 0 Å². The van der Waals surface area contributed by atoms with Gasteiger partial charge in [0, 0.05) is 6.04 Å². The SMILES string of the molecule is N#Cc1ccc2c(c1)CCC(C(NCC(=O)O)c1ccccc1)C2. The number of nitriles is 1. The van der Waals surface area contributed by atoms with Gasteiger partial charge in [-0.3, -0.25) is 10.1 Å². The highest BCUT2D eigenvalue weighted by Gasteiger charge is 2.27.